The number of unbranched alkanes of at least 4 members (excludes halogenated alkanes) is 10. The van der Waals surface area contributed by atoms with Crippen LogP contribution in [-0.4, -0.2) is 133 Å². The molecule has 0 saturated heterocycles. The van der Waals surface area contributed by atoms with Crippen LogP contribution in [-0.2, 0) is 46.7 Å². The molecule has 27 heteroatoms. The number of benzene rings is 4. The Bertz CT molecular complexity index is 3160. The van der Waals surface area contributed by atoms with Gasteiger partial charge in [-0.25, -0.2) is 19.0 Å². The van der Waals surface area contributed by atoms with Gasteiger partial charge in [-0.15, -0.1) is 0 Å². The number of hydrogen-bond donors (Lipinski definition) is 2. The van der Waals surface area contributed by atoms with Gasteiger partial charge in [0, 0.05) is 99.2 Å². The van der Waals surface area contributed by atoms with Crippen molar-refractivity contribution in [3.8, 4) is 17.2 Å². The Morgan fingerprint density at radius 1 is 0.738 bits per heavy atom. The summed E-state index contributed by atoms with van der Waals surface area (Å²) in [6.07, 6.45) is 9.30. The number of esters is 1. The molecule has 1 amide bonds. The number of alkyl carbamates (subject to hydrolysis) is 1. The number of aromatic nitrogens is 3. The summed E-state index contributed by atoms with van der Waals surface area (Å²) in [4.78, 5) is 79.2. The molecule has 458 valence electrons. The quantitative estimate of drug-likeness (QED) is 0.00685. The van der Waals surface area contributed by atoms with Gasteiger partial charge in [0.1, 0.15) is 29.7 Å². The van der Waals surface area contributed by atoms with Crippen molar-refractivity contribution in [1.29, 1.82) is 0 Å². The molecule has 2 heterocycles. The van der Waals surface area contributed by atoms with Crippen molar-refractivity contribution >= 4 is 104 Å². The van der Waals surface area contributed by atoms with E-state index in [9.17, 15) is 38.7 Å². The fourth-order valence-electron chi connectivity index (χ4n) is 8.87. The fourth-order valence-corrected chi connectivity index (χ4v) is 11.1. The first-order valence-corrected chi connectivity index (χ1v) is 31.9. The average Bonchev–Trinajstić information content (AvgIpc) is 4.06. The van der Waals surface area contributed by atoms with E-state index in [0.29, 0.717) is 76.3 Å². The van der Waals surface area contributed by atoms with Gasteiger partial charge in [0.15, 0.2) is 32.5 Å². The molecule has 24 nitrogen and oxygen atoms in total. The van der Waals surface area contributed by atoms with Crippen LogP contribution in [0.5, 0.6) is 5.75 Å². The molecule has 6 rings (SSSR count). The number of fused-ring (bicyclic) bond motifs is 5. The van der Waals surface area contributed by atoms with Gasteiger partial charge in [-0.2, -0.15) is 0 Å². The summed E-state index contributed by atoms with van der Waals surface area (Å²) in [7, 11) is -4.35. The maximum Gasteiger partial charge on any atom is 0.475 e. The van der Waals surface area contributed by atoms with Crippen LogP contribution in [0.3, 0.4) is 0 Å². The van der Waals surface area contributed by atoms with Crippen molar-refractivity contribution in [2.75, 3.05) is 94.1 Å². The molecule has 0 bridgehead atoms. The van der Waals surface area contributed by atoms with Gasteiger partial charge in [-0.1, -0.05) is 74.9 Å². The van der Waals surface area contributed by atoms with Gasteiger partial charge in [-0.3, -0.25) is 42.9 Å². The van der Waals surface area contributed by atoms with Crippen LogP contribution in [0, 0.1) is 10.1 Å². The van der Waals surface area contributed by atoms with Gasteiger partial charge in [-0.05, 0) is 86.2 Å². The average molecular weight is 1230 g/mol. The number of carbonyl (C=O) groups is 4. The molecule has 0 fully saturated rings. The number of amides is 1. The molecule has 0 saturated carbocycles. The minimum atomic E-state index is -4.35. The van der Waals surface area contributed by atoms with E-state index in [-0.39, 0.29) is 84.4 Å². The Morgan fingerprint density at radius 2 is 1.43 bits per heavy atom. The van der Waals surface area contributed by atoms with E-state index in [1.807, 2.05) is 18.2 Å². The van der Waals surface area contributed by atoms with E-state index >= 15 is 0 Å². The molecule has 1 unspecified atom stereocenters. The normalized spacial score (nSPS) is 12.6. The molecule has 4 aromatic rings. The Kier molecular flexibility index (Phi) is 28.4. The third-order valence-corrected chi connectivity index (χ3v) is 16.1. The molecule has 0 spiro atoms. The second-order valence-corrected chi connectivity index (χ2v) is 23.6. The Balaban J connectivity index is 0.948. The maximum atomic E-state index is 13.9. The van der Waals surface area contributed by atoms with Crippen molar-refractivity contribution < 1.29 is 70.2 Å². The second-order valence-electron chi connectivity index (χ2n) is 19.4. The zero-order valence-electron chi connectivity index (χ0n) is 48.1. The summed E-state index contributed by atoms with van der Waals surface area (Å²) in [6, 6.07) is 15.5. The van der Waals surface area contributed by atoms with Crippen molar-refractivity contribution in [3.63, 3.8) is 0 Å². The number of anilines is 2. The number of phosphoric ester groups is 1. The van der Waals surface area contributed by atoms with Crippen LogP contribution in [0.15, 0.2) is 68.4 Å². The van der Waals surface area contributed by atoms with Gasteiger partial charge in [0.25, 0.3) is 0 Å². The third kappa shape index (κ3) is 22.2. The smallest absolute Gasteiger partial charge is 0.475 e. The Labute approximate surface area is 495 Å². The highest BCUT2D eigenvalue weighted by Gasteiger charge is 2.30. The summed E-state index contributed by atoms with van der Waals surface area (Å²) in [5, 5.41) is 25.3. The molecular formula is C57H76N7O17PS2. The molecule has 2 aliphatic rings. The molecule has 3 aromatic carbocycles. The maximum absolute atomic E-state index is 13.9. The first-order chi connectivity index (χ1) is 40.7. The largest absolute Gasteiger partial charge is 0.494 e. The standard InChI is InChI=1S/C57H76N7O17PS2/c1-5-63(6-2)42-20-23-47-51(35-42)80-52-37-50(67)45-22-21-43(36-46(45)54(52)60-47)74-29-18-15-19-53(68)79-44(39-78-82(72,77-32-34-84-41(4)66)76-30-27-59-57(69)75-31-33-83-40(3)65)38-73-28-17-14-12-10-8-7-9-11-13-16-26-58-48-24-25-49(64(70)71)56-55(48)61-81-62-56/h20-25,35-37,44,58H,5-19,26-34,38-39H2,1-4H3,(H,59,69)/t44-,82?/m1/s1. The minimum absolute atomic E-state index is 0.000752. The van der Waals surface area contributed by atoms with Crippen molar-refractivity contribution in [3.05, 3.63) is 74.9 Å². The van der Waals surface area contributed by atoms with Crippen molar-refractivity contribution in [2.24, 2.45) is 0 Å². The number of nitro benzene ring substituents is 1. The lowest BCUT2D eigenvalue weighted by atomic mass is 10.0. The number of carbonyl (C=O) groups excluding carboxylic acids is 4. The van der Waals surface area contributed by atoms with Crippen LogP contribution in [0.4, 0.5) is 21.9 Å². The highest BCUT2D eigenvalue weighted by atomic mass is 32.2. The number of nitrogens with zero attached hydrogens (tertiary/aromatic N) is 5. The van der Waals surface area contributed by atoms with Crippen molar-refractivity contribution in [2.45, 2.75) is 117 Å². The number of rotatable bonds is 41. The van der Waals surface area contributed by atoms with Crippen LogP contribution < -0.4 is 25.7 Å². The number of hydrogen-bond acceptors (Lipinski definition) is 24. The SMILES string of the molecule is CCN(CC)c1ccc2nc3c4cc(OCCCCC(=O)O[C@H](COCCCCCCCCCCCCNc5ccc([N+](=O)[O-])c6nonc56)COP(=O)(OCCNC(=O)OCCSC(C)=O)OCCSC(C)=O)ccc4c(=O)cc-3oc2c1. The molecular weight excluding hydrogens is 1150 g/mol. The summed E-state index contributed by atoms with van der Waals surface area (Å²) >= 11 is 1.97. The minimum Gasteiger partial charge on any atom is -0.494 e. The topological polar surface area (TPSA) is 302 Å². The number of nitrogens with one attached hydrogen (secondary N) is 2. The van der Waals surface area contributed by atoms with Gasteiger partial charge < -0.3 is 38.9 Å². The highest BCUT2D eigenvalue weighted by Crippen LogP contribution is 2.49. The Morgan fingerprint density at radius 3 is 2.15 bits per heavy atom. The van der Waals surface area contributed by atoms with E-state index in [1.54, 1.807) is 24.3 Å². The summed E-state index contributed by atoms with van der Waals surface area (Å²) in [5.41, 5.74) is 3.52. The molecule has 84 heavy (non-hydrogen) atoms. The van der Waals surface area contributed by atoms with Crippen LogP contribution in [0.2, 0.25) is 0 Å². The first-order valence-electron chi connectivity index (χ1n) is 28.5. The lowest BCUT2D eigenvalue weighted by Gasteiger charge is -2.22. The first kappa shape index (κ1) is 66.7. The predicted molar refractivity (Wildman–Crippen MR) is 322 cm³/mol. The van der Waals surface area contributed by atoms with E-state index in [4.69, 9.17) is 46.5 Å². The number of phosphoric acid groups is 1. The molecule has 2 atom stereocenters. The lowest BCUT2D eigenvalue weighted by molar-refractivity contribution is -0.383. The van der Waals surface area contributed by atoms with E-state index in [0.717, 1.165) is 107 Å². The van der Waals surface area contributed by atoms with Crippen molar-refractivity contribution in [1.82, 2.24) is 20.6 Å². The van der Waals surface area contributed by atoms with Gasteiger partial charge in [0.2, 0.25) is 5.52 Å². The molecule has 1 aliphatic heterocycles. The predicted octanol–water partition coefficient (Wildman–Crippen LogP) is 11.7. The highest BCUT2D eigenvalue weighted by molar-refractivity contribution is 8.13. The lowest BCUT2D eigenvalue weighted by Crippen LogP contribution is -2.30. The van der Waals surface area contributed by atoms with E-state index < -0.39 is 37.5 Å². The summed E-state index contributed by atoms with van der Waals surface area (Å²) < 4.78 is 64.6. The molecule has 1 aliphatic carbocycles. The fraction of sp³-hybridized carbons (Fsp3) is 0.544. The second kappa shape index (κ2) is 35.8. The van der Waals surface area contributed by atoms with Crippen LogP contribution >= 0.6 is 31.3 Å². The molecule has 1 aromatic heterocycles. The molecule has 0 radical (unpaired) electrons. The van der Waals surface area contributed by atoms with Gasteiger partial charge in [0.05, 0.1) is 43.6 Å². The zero-order valence-corrected chi connectivity index (χ0v) is 50.6. The summed E-state index contributed by atoms with van der Waals surface area (Å²) in [6.45, 7) is 8.82. The zero-order chi connectivity index (χ0) is 60.1. The third-order valence-electron chi connectivity index (χ3n) is 13.1. The van der Waals surface area contributed by atoms with Crippen LogP contribution in [0.25, 0.3) is 44.4 Å². The Hall–Kier alpha value is -6.41. The van der Waals surface area contributed by atoms with E-state index in [2.05, 4.69) is 39.7 Å². The number of non-ortho nitro benzene ring substituents is 1. The number of ether oxygens (including phenoxy) is 4. The number of thioether (sulfide) groups is 2. The van der Waals surface area contributed by atoms with Gasteiger partial charge >= 0.3 is 25.6 Å². The summed E-state index contributed by atoms with van der Waals surface area (Å²) in [5.74, 6) is 0.772. The van der Waals surface area contributed by atoms with E-state index in [1.165, 1.54) is 26.0 Å². The number of nitro groups is 1. The monoisotopic (exact) mass is 1230 g/mol. The molecule has 2 N–H and O–H groups in total. The van der Waals surface area contributed by atoms with Crippen LogP contribution in [0.1, 0.15) is 111 Å².